The predicted octanol–water partition coefficient (Wildman–Crippen LogP) is 2.87. The molecule has 4 rings (SSSR count). The molecule has 0 bridgehead atoms. The molecule has 1 saturated heterocycles. The number of benzene rings is 1. The van der Waals surface area contributed by atoms with Crippen LogP contribution in [-0.2, 0) is 15.7 Å². The first-order valence-corrected chi connectivity index (χ1v) is 10.6. The molecule has 2 N–H and O–H groups in total. The highest BCUT2D eigenvalue weighted by Crippen LogP contribution is 2.47. The Kier molecular flexibility index (Phi) is 5.89. The average molecular weight is 454 g/mol. The van der Waals surface area contributed by atoms with Gasteiger partial charge >= 0.3 is 6.18 Å². The number of thiazole rings is 1. The summed E-state index contributed by atoms with van der Waals surface area (Å²) in [6.07, 6.45) is -3.87. The van der Waals surface area contributed by atoms with E-state index in [4.69, 9.17) is 4.74 Å². The molecule has 2 heterocycles. The third kappa shape index (κ3) is 4.82. The van der Waals surface area contributed by atoms with Crippen molar-refractivity contribution in [2.45, 2.75) is 25.4 Å². The molecule has 2 atom stereocenters. The van der Waals surface area contributed by atoms with Crippen molar-refractivity contribution in [3.05, 3.63) is 46.0 Å². The van der Waals surface area contributed by atoms with Gasteiger partial charge in [0.25, 0.3) is 5.91 Å². The molecule has 0 radical (unpaired) electrons. The molecular weight excluding hydrogens is 433 g/mol. The van der Waals surface area contributed by atoms with Crippen molar-refractivity contribution in [3.63, 3.8) is 0 Å². The second-order valence-electron chi connectivity index (χ2n) is 7.52. The lowest BCUT2D eigenvalue weighted by Gasteiger charge is -2.25. The zero-order valence-electron chi connectivity index (χ0n) is 16.7. The zero-order chi connectivity index (χ0) is 22.2. The summed E-state index contributed by atoms with van der Waals surface area (Å²) in [5.41, 5.74) is 5.37. The molecular formula is C20H21F3N4O3S. The highest BCUT2D eigenvalue weighted by molar-refractivity contribution is 7.17. The van der Waals surface area contributed by atoms with Gasteiger partial charge in [-0.1, -0.05) is 23.5 Å². The Balaban J connectivity index is 1.30. The standard InChI is InChI=1S/C20H21F3N4O3S/c1-11-16(31-19(24-11)27-6-8-30-9-7-27)18(29)26-25-17(28)15-10-14(15)12-2-4-13(5-3-12)20(21,22)23/h2-5,14-15H,6-10H2,1H3,(H,25,28)(H,26,29). The van der Waals surface area contributed by atoms with Gasteiger partial charge in [-0.2, -0.15) is 13.2 Å². The molecule has 1 aromatic heterocycles. The van der Waals surface area contributed by atoms with Gasteiger partial charge in [-0.25, -0.2) is 4.98 Å². The topological polar surface area (TPSA) is 83.6 Å². The number of ether oxygens (including phenoxy) is 1. The Bertz CT molecular complexity index is 971. The van der Waals surface area contributed by atoms with Gasteiger partial charge in [0.05, 0.1) is 24.5 Å². The van der Waals surface area contributed by atoms with Crippen LogP contribution in [0.5, 0.6) is 0 Å². The first-order valence-electron chi connectivity index (χ1n) is 9.81. The molecule has 7 nitrogen and oxygen atoms in total. The third-order valence-electron chi connectivity index (χ3n) is 5.37. The number of hydrogen-bond acceptors (Lipinski definition) is 6. The highest BCUT2D eigenvalue weighted by Gasteiger charge is 2.44. The van der Waals surface area contributed by atoms with Gasteiger partial charge in [-0.15, -0.1) is 0 Å². The van der Waals surface area contributed by atoms with Crippen LogP contribution in [0.3, 0.4) is 0 Å². The Labute approximate surface area is 180 Å². The van der Waals surface area contributed by atoms with Crippen molar-refractivity contribution < 1.29 is 27.5 Å². The number of halogens is 3. The van der Waals surface area contributed by atoms with Gasteiger partial charge in [0.2, 0.25) is 5.91 Å². The average Bonchev–Trinajstić information content (AvgIpc) is 3.47. The molecule has 2 aromatic rings. The number of hydrogen-bond donors (Lipinski definition) is 2. The maximum atomic E-state index is 12.7. The fourth-order valence-electron chi connectivity index (χ4n) is 3.52. The van der Waals surface area contributed by atoms with E-state index in [0.29, 0.717) is 48.9 Å². The monoisotopic (exact) mass is 454 g/mol. The molecule has 1 aromatic carbocycles. The van der Waals surface area contributed by atoms with Crippen molar-refractivity contribution >= 4 is 28.3 Å². The van der Waals surface area contributed by atoms with Gasteiger partial charge in [0.15, 0.2) is 5.13 Å². The summed E-state index contributed by atoms with van der Waals surface area (Å²) < 4.78 is 43.3. The summed E-state index contributed by atoms with van der Waals surface area (Å²) >= 11 is 1.25. The van der Waals surface area contributed by atoms with E-state index in [0.717, 1.165) is 17.3 Å². The number of aryl methyl sites for hydroxylation is 1. The van der Waals surface area contributed by atoms with E-state index in [-0.39, 0.29) is 17.7 Å². The van der Waals surface area contributed by atoms with E-state index in [1.165, 1.54) is 23.5 Å². The second-order valence-corrected chi connectivity index (χ2v) is 8.50. The number of aromatic nitrogens is 1. The molecule has 2 fully saturated rings. The molecule has 1 saturated carbocycles. The number of nitrogens with one attached hydrogen (secondary N) is 2. The maximum absolute atomic E-state index is 12.7. The Morgan fingerprint density at radius 1 is 1.16 bits per heavy atom. The molecule has 31 heavy (non-hydrogen) atoms. The minimum atomic E-state index is -4.39. The third-order valence-corrected chi connectivity index (χ3v) is 6.58. The largest absolute Gasteiger partial charge is 0.416 e. The van der Waals surface area contributed by atoms with E-state index >= 15 is 0 Å². The van der Waals surface area contributed by atoms with E-state index < -0.39 is 17.6 Å². The lowest BCUT2D eigenvalue weighted by atomic mass is 10.1. The molecule has 11 heteroatoms. The Hall–Kier alpha value is -2.66. The number of rotatable bonds is 4. The van der Waals surface area contributed by atoms with Crippen molar-refractivity contribution in [2.24, 2.45) is 5.92 Å². The summed E-state index contributed by atoms with van der Waals surface area (Å²) in [6.45, 7) is 4.36. The predicted molar refractivity (Wildman–Crippen MR) is 108 cm³/mol. The molecule has 2 unspecified atom stereocenters. The quantitative estimate of drug-likeness (QED) is 0.695. The van der Waals surface area contributed by atoms with Gasteiger partial charge in [-0.3, -0.25) is 20.4 Å². The lowest BCUT2D eigenvalue weighted by Crippen LogP contribution is -2.42. The minimum absolute atomic E-state index is 0.155. The summed E-state index contributed by atoms with van der Waals surface area (Å²) in [5, 5.41) is 0.738. The van der Waals surface area contributed by atoms with Gasteiger partial charge in [0, 0.05) is 19.0 Å². The van der Waals surface area contributed by atoms with E-state index in [1.807, 2.05) is 0 Å². The van der Waals surface area contributed by atoms with Gasteiger partial charge in [-0.05, 0) is 37.0 Å². The fourth-order valence-corrected chi connectivity index (χ4v) is 4.54. The second kappa shape index (κ2) is 8.46. The Morgan fingerprint density at radius 3 is 2.48 bits per heavy atom. The first kappa shape index (κ1) is 21.6. The zero-order valence-corrected chi connectivity index (χ0v) is 17.5. The number of alkyl halides is 3. The van der Waals surface area contributed by atoms with E-state index in [9.17, 15) is 22.8 Å². The molecule has 1 aliphatic heterocycles. The molecule has 2 aliphatic rings. The molecule has 166 valence electrons. The van der Waals surface area contributed by atoms with Crippen LogP contribution >= 0.6 is 11.3 Å². The van der Waals surface area contributed by atoms with Crippen LogP contribution in [0.15, 0.2) is 24.3 Å². The fraction of sp³-hybridized carbons (Fsp3) is 0.450. The lowest BCUT2D eigenvalue weighted by molar-refractivity contribution is -0.137. The number of carbonyl (C=O) groups excluding carboxylic acids is 2. The number of nitrogens with zero attached hydrogens (tertiary/aromatic N) is 2. The van der Waals surface area contributed by atoms with Crippen LogP contribution in [0.4, 0.5) is 18.3 Å². The number of morpholine rings is 1. The van der Waals surface area contributed by atoms with Gasteiger partial charge in [0.1, 0.15) is 4.88 Å². The minimum Gasteiger partial charge on any atom is -0.378 e. The molecule has 0 spiro atoms. The van der Waals surface area contributed by atoms with Crippen LogP contribution in [0.2, 0.25) is 0 Å². The normalized spacial score (nSPS) is 21.0. The van der Waals surface area contributed by atoms with E-state index in [1.54, 1.807) is 6.92 Å². The molecule has 1 aliphatic carbocycles. The highest BCUT2D eigenvalue weighted by atomic mass is 32.1. The van der Waals surface area contributed by atoms with Crippen LogP contribution in [0.1, 0.15) is 38.8 Å². The number of amides is 2. The smallest absolute Gasteiger partial charge is 0.378 e. The SMILES string of the molecule is Cc1nc(N2CCOCC2)sc1C(=O)NNC(=O)C1CC1c1ccc(C(F)(F)F)cc1. The van der Waals surface area contributed by atoms with Crippen molar-refractivity contribution in [3.8, 4) is 0 Å². The summed E-state index contributed by atoms with van der Waals surface area (Å²) in [5.74, 6) is -1.36. The summed E-state index contributed by atoms with van der Waals surface area (Å²) in [6, 6.07) is 4.83. The molecule has 2 amide bonds. The number of carbonyl (C=O) groups is 2. The van der Waals surface area contributed by atoms with Crippen LogP contribution in [0, 0.1) is 12.8 Å². The van der Waals surface area contributed by atoms with Crippen molar-refractivity contribution in [1.29, 1.82) is 0 Å². The maximum Gasteiger partial charge on any atom is 0.416 e. The van der Waals surface area contributed by atoms with Gasteiger partial charge < -0.3 is 9.64 Å². The summed E-state index contributed by atoms with van der Waals surface area (Å²) in [7, 11) is 0. The van der Waals surface area contributed by atoms with Crippen LogP contribution in [0.25, 0.3) is 0 Å². The Morgan fingerprint density at radius 2 is 1.84 bits per heavy atom. The van der Waals surface area contributed by atoms with Crippen LogP contribution < -0.4 is 15.8 Å². The summed E-state index contributed by atoms with van der Waals surface area (Å²) in [4.78, 5) is 31.7. The number of hydrazine groups is 1. The van der Waals surface area contributed by atoms with Crippen molar-refractivity contribution in [1.82, 2.24) is 15.8 Å². The number of anilines is 1. The van der Waals surface area contributed by atoms with Crippen molar-refractivity contribution in [2.75, 3.05) is 31.2 Å². The van der Waals surface area contributed by atoms with E-state index in [2.05, 4.69) is 20.7 Å². The first-order chi connectivity index (χ1) is 14.7. The van der Waals surface area contributed by atoms with Crippen LogP contribution in [-0.4, -0.2) is 43.1 Å².